The van der Waals surface area contributed by atoms with Gasteiger partial charge >= 0.3 is 0 Å². The van der Waals surface area contributed by atoms with Gasteiger partial charge in [0, 0.05) is 22.5 Å². The largest absolute Gasteiger partial charge is 0.356 e. The highest BCUT2D eigenvalue weighted by molar-refractivity contribution is 6.31. The third kappa shape index (κ3) is 3.53. The van der Waals surface area contributed by atoms with E-state index in [9.17, 15) is 4.79 Å². The third-order valence-corrected chi connectivity index (χ3v) is 7.39. The highest BCUT2D eigenvalue weighted by Crippen LogP contribution is 2.52. The monoisotopic (exact) mass is 435 g/mol. The molecular formula is C26H23Cl2NO. The molecule has 0 radical (unpaired) electrons. The predicted molar refractivity (Wildman–Crippen MR) is 123 cm³/mol. The quantitative estimate of drug-likeness (QED) is 0.487. The first-order valence-electron chi connectivity index (χ1n) is 10.5. The van der Waals surface area contributed by atoms with Crippen molar-refractivity contribution in [3.8, 4) is 11.1 Å². The molecule has 4 atom stereocenters. The lowest BCUT2D eigenvalue weighted by Gasteiger charge is -2.40. The summed E-state index contributed by atoms with van der Waals surface area (Å²) in [5.41, 5.74) is 4.70. The molecule has 5 rings (SSSR count). The maximum atomic E-state index is 12.4. The van der Waals surface area contributed by atoms with E-state index in [-0.39, 0.29) is 29.6 Å². The highest BCUT2D eigenvalue weighted by Gasteiger charge is 2.47. The molecule has 1 N–H and O–H groups in total. The summed E-state index contributed by atoms with van der Waals surface area (Å²) in [6, 6.07) is 24.8. The lowest BCUT2D eigenvalue weighted by molar-refractivity contribution is -0.123. The Balaban J connectivity index is 1.54. The molecule has 4 unspecified atom stereocenters. The number of hydrogen-bond donors (Lipinski definition) is 1. The van der Waals surface area contributed by atoms with E-state index in [0.717, 1.165) is 40.6 Å². The van der Waals surface area contributed by atoms with Crippen molar-refractivity contribution >= 4 is 29.1 Å². The average Bonchev–Trinajstić information content (AvgIpc) is 3.15. The fraction of sp³-hybridized carbons (Fsp3) is 0.269. The van der Waals surface area contributed by atoms with E-state index in [1.54, 1.807) is 0 Å². The molecule has 4 heteroatoms. The van der Waals surface area contributed by atoms with E-state index in [2.05, 4.69) is 47.8 Å². The maximum Gasteiger partial charge on any atom is 0.223 e. The Labute approximate surface area is 187 Å². The third-order valence-electron chi connectivity index (χ3n) is 6.81. The fourth-order valence-electron chi connectivity index (χ4n) is 5.40. The summed E-state index contributed by atoms with van der Waals surface area (Å²) in [6.45, 7) is 0.729. The molecule has 0 bridgehead atoms. The number of carbonyl (C=O) groups is 1. The van der Waals surface area contributed by atoms with Crippen molar-refractivity contribution in [2.75, 3.05) is 6.54 Å². The number of carbonyl (C=O) groups excluding carboxylic acids is 1. The molecule has 3 aromatic carbocycles. The van der Waals surface area contributed by atoms with Crippen LogP contribution in [0.25, 0.3) is 11.1 Å². The molecule has 3 aromatic rings. The Morgan fingerprint density at radius 1 is 0.800 bits per heavy atom. The standard InChI is InChI=1S/C26H23Cl2NO/c27-19-9-6-17(7-10-19)25-21(12-13-22-23(25)15-29-26(22)30)20-11-8-18(14-24(20)28)16-4-2-1-3-5-16/h1-11,14,21-23,25H,12-13,15H2,(H,29,30). The van der Waals surface area contributed by atoms with Crippen LogP contribution in [0.2, 0.25) is 10.0 Å². The van der Waals surface area contributed by atoms with E-state index < -0.39 is 0 Å². The molecule has 1 aliphatic carbocycles. The van der Waals surface area contributed by atoms with Crippen LogP contribution in [-0.4, -0.2) is 12.5 Å². The highest BCUT2D eigenvalue weighted by atomic mass is 35.5. The van der Waals surface area contributed by atoms with Crippen LogP contribution in [0.3, 0.4) is 0 Å². The molecule has 1 heterocycles. The SMILES string of the molecule is O=C1NCC2C1CCC(c1ccc(-c3ccccc3)cc1Cl)C2c1ccc(Cl)cc1. The fourth-order valence-corrected chi connectivity index (χ4v) is 5.84. The van der Waals surface area contributed by atoms with E-state index in [0.29, 0.717) is 0 Å². The zero-order valence-corrected chi connectivity index (χ0v) is 18.0. The lowest BCUT2D eigenvalue weighted by Crippen LogP contribution is -2.32. The normalized spacial score (nSPS) is 25.6. The molecule has 0 spiro atoms. The van der Waals surface area contributed by atoms with Crippen molar-refractivity contribution in [1.82, 2.24) is 5.32 Å². The van der Waals surface area contributed by atoms with E-state index >= 15 is 0 Å². The van der Waals surface area contributed by atoms with Crippen LogP contribution in [0.1, 0.15) is 35.8 Å². The van der Waals surface area contributed by atoms with Gasteiger partial charge in [0.1, 0.15) is 0 Å². The van der Waals surface area contributed by atoms with Gasteiger partial charge in [0.25, 0.3) is 0 Å². The second kappa shape index (κ2) is 8.09. The second-order valence-electron chi connectivity index (χ2n) is 8.38. The van der Waals surface area contributed by atoms with E-state index in [1.807, 2.05) is 30.3 Å². The topological polar surface area (TPSA) is 29.1 Å². The lowest BCUT2D eigenvalue weighted by atomic mass is 9.63. The van der Waals surface area contributed by atoms with Crippen LogP contribution < -0.4 is 5.32 Å². The molecule has 2 nitrogen and oxygen atoms in total. The minimum atomic E-state index is 0.0873. The molecule has 2 aliphatic rings. The Bertz CT molecular complexity index is 1060. The average molecular weight is 436 g/mol. The number of halogens is 2. The van der Waals surface area contributed by atoms with Gasteiger partial charge in [-0.15, -0.1) is 0 Å². The van der Waals surface area contributed by atoms with Crippen molar-refractivity contribution in [2.45, 2.75) is 24.7 Å². The summed E-state index contributed by atoms with van der Waals surface area (Å²) in [5.74, 6) is 1.08. The Kier molecular flexibility index (Phi) is 5.30. The minimum Gasteiger partial charge on any atom is -0.356 e. The summed E-state index contributed by atoms with van der Waals surface area (Å²) < 4.78 is 0. The summed E-state index contributed by atoms with van der Waals surface area (Å²) in [4.78, 5) is 12.4. The molecule has 30 heavy (non-hydrogen) atoms. The van der Waals surface area contributed by atoms with Crippen LogP contribution in [0.15, 0.2) is 72.8 Å². The number of hydrogen-bond acceptors (Lipinski definition) is 1. The van der Waals surface area contributed by atoms with E-state index in [1.165, 1.54) is 11.1 Å². The number of amides is 1. The van der Waals surface area contributed by atoms with Gasteiger partial charge < -0.3 is 5.32 Å². The first-order valence-corrected chi connectivity index (χ1v) is 11.3. The van der Waals surface area contributed by atoms with Gasteiger partial charge in [-0.25, -0.2) is 0 Å². The maximum absolute atomic E-state index is 12.4. The van der Waals surface area contributed by atoms with Gasteiger partial charge in [0.2, 0.25) is 5.91 Å². The molecule has 1 aliphatic heterocycles. The van der Waals surface area contributed by atoms with Crippen LogP contribution in [-0.2, 0) is 4.79 Å². The minimum absolute atomic E-state index is 0.0873. The summed E-state index contributed by atoms with van der Waals surface area (Å²) in [6.07, 6.45) is 1.86. The van der Waals surface area contributed by atoms with Crippen molar-refractivity contribution in [3.63, 3.8) is 0 Å². The Hall–Kier alpha value is -2.29. The molecule has 1 saturated heterocycles. The molecular weight excluding hydrogens is 413 g/mol. The zero-order valence-electron chi connectivity index (χ0n) is 16.5. The molecule has 152 valence electrons. The van der Waals surface area contributed by atoms with Gasteiger partial charge in [-0.05, 0) is 71.0 Å². The van der Waals surface area contributed by atoms with Crippen molar-refractivity contribution in [3.05, 3.63) is 94.0 Å². The predicted octanol–water partition coefficient (Wildman–Crippen LogP) is 6.68. The second-order valence-corrected chi connectivity index (χ2v) is 9.22. The van der Waals surface area contributed by atoms with E-state index in [4.69, 9.17) is 23.2 Å². The van der Waals surface area contributed by atoms with Crippen LogP contribution in [0, 0.1) is 11.8 Å². The molecule has 1 saturated carbocycles. The molecule has 1 amide bonds. The first kappa shape index (κ1) is 19.7. The van der Waals surface area contributed by atoms with Gasteiger partial charge in [-0.1, -0.05) is 77.8 Å². The molecule has 0 aromatic heterocycles. The smallest absolute Gasteiger partial charge is 0.223 e. The summed E-state index contributed by atoms with van der Waals surface area (Å²) in [5, 5.41) is 4.62. The number of rotatable bonds is 3. The van der Waals surface area contributed by atoms with Crippen LogP contribution >= 0.6 is 23.2 Å². The van der Waals surface area contributed by atoms with Crippen molar-refractivity contribution < 1.29 is 4.79 Å². The van der Waals surface area contributed by atoms with Gasteiger partial charge in [0.15, 0.2) is 0 Å². The Morgan fingerprint density at radius 2 is 1.53 bits per heavy atom. The van der Waals surface area contributed by atoms with Gasteiger partial charge in [-0.2, -0.15) is 0 Å². The van der Waals surface area contributed by atoms with Gasteiger partial charge in [0.05, 0.1) is 0 Å². The zero-order chi connectivity index (χ0) is 20.7. The number of fused-ring (bicyclic) bond motifs is 1. The first-order chi connectivity index (χ1) is 14.6. The van der Waals surface area contributed by atoms with Crippen molar-refractivity contribution in [1.29, 1.82) is 0 Å². The number of nitrogens with one attached hydrogen (secondary N) is 1. The van der Waals surface area contributed by atoms with Crippen LogP contribution in [0.5, 0.6) is 0 Å². The number of benzene rings is 3. The Morgan fingerprint density at radius 3 is 2.27 bits per heavy atom. The van der Waals surface area contributed by atoms with Crippen molar-refractivity contribution in [2.24, 2.45) is 11.8 Å². The molecule has 2 fully saturated rings. The summed E-state index contributed by atoms with van der Waals surface area (Å²) in [7, 11) is 0. The summed E-state index contributed by atoms with van der Waals surface area (Å²) >= 11 is 13.0. The van der Waals surface area contributed by atoms with Crippen LogP contribution in [0.4, 0.5) is 0 Å². The van der Waals surface area contributed by atoms with Gasteiger partial charge in [-0.3, -0.25) is 4.79 Å².